The van der Waals surface area contributed by atoms with Gasteiger partial charge in [-0.25, -0.2) is 0 Å². The number of hydrogen-bond acceptors (Lipinski definition) is 4. The summed E-state index contributed by atoms with van der Waals surface area (Å²) < 4.78 is 0. The van der Waals surface area contributed by atoms with Gasteiger partial charge in [-0.05, 0) is 37.1 Å². The maximum atomic E-state index is 12.6. The first-order valence-corrected chi connectivity index (χ1v) is 9.78. The quantitative estimate of drug-likeness (QED) is 0.731. The zero-order valence-corrected chi connectivity index (χ0v) is 15.5. The minimum Gasteiger partial charge on any atom is -0.368 e. The Morgan fingerprint density at radius 2 is 1.41 bits per heavy atom. The van der Waals surface area contributed by atoms with Crippen LogP contribution in [-0.4, -0.2) is 85.3 Å². The lowest BCUT2D eigenvalue weighted by Crippen LogP contribution is -2.49. The van der Waals surface area contributed by atoms with E-state index < -0.39 is 0 Å². The number of benzene rings is 1. The lowest BCUT2D eigenvalue weighted by Gasteiger charge is -2.36. The Kier molecular flexibility index (Phi) is 5.01. The lowest BCUT2D eigenvalue weighted by molar-refractivity contribution is -0.132. The molecule has 2 heterocycles. The summed E-state index contributed by atoms with van der Waals surface area (Å²) in [6.45, 7) is 5.56. The van der Waals surface area contributed by atoms with Crippen LogP contribution in [0, 0.1) is 5.92 Å². The molecule has 2 saturated heterocycles. The van der Waals surface area contributed by atoms with E-state index in [1.807, 2.05) is 29.2 Å². The van der Waals surface area contributed by atoms with Crippen molar-refractivity contribution in [3.05, 3.63) is 29.8 Å². The maximum absolute atomic E-state index is 12.6. The van der Waals surface area contributed by atoms with Crippen molar-refractivity contribution in [1.29, 1.82) is 0 Å². The average Bonchev–Trinajstić information content (AvgIpc) is 3.58. The second-order valence-electron chi connectivity index (χ2n) is 7.57. The van der Waals surface area contributed by atoms with Gasteiger partial charge in [0, 0.05) is 69.5 Å². The molecule has 27 heavy (non-hydrogen) atoms. The van der Waals surface area contributed by atoms with Gasteiger partial charge in [0.25, 0.3) is 5.91 Å². The fourth-order valence-corrected chi connectivity index (χ4v) is 3.80. The molecule has 0 unspecified atom stereocenters. The number of carbonyl (C=O) groups is 3. The maximum Gasteiger partial charge on any atom is 0.253 e. The van der Waals surface area contributed by atoms with E-state index in [4.69, 9.17) is 0 Å². The molecular formula is C20H26N4O3. The van der Waals surface area contributed by atoms with Crippen LogP contribution in [0.2, 0.25) is 0 Å². The van der Waals surface area contributed by atoms with Crippen LogP contribution in [0.15, 0.2) is 24.3 Å². The highest BCUT2D eigenvalue weighted by Gasteiger charge is 2.34. The van der Waals surface area contributed by atoms with Crippen molar-refractivity contribution in [2.45, 2.75) is 12.8 Å². The van der Waals surface area contributed by atoms with Crippen molar-refractivity contribution in [3.8, 4) is 0 Å². The summed E-state index contributed by atoms with van der Waals surface area (Å²) in [7, 11) is 0. The van der Waals surface area contributed by atoms with Crippen molar-refractivity contribution in [1.82, 2.24) is 14.7 Å². The van der Waals surface area contributed by atoms with Gasteiger partial charge in [-0.15, -0.1) is 0 Å². The number of rotatable bonds is 4. The molecule has 1 saturated carbocycles. The van der Waals surface area contributed by atoms with Crippen molar-refractivity contribution in [3.63, 3.8) is 0 Å². The van der Waals surface area contributed by atoms with E-state index in [1.54, 1.807) is 9.80 Å². The Balaban J connectivity index is 1.32. The van der Waals surface area contributed by atoms with Gasteiger partial charge < -0.3 is 19.6 Å². The summed E-state index contributed by atoms with van der Waals surface area (Å²) in [5.74, 6) is 0.632. The van der Waals surface area contributed by atoms with Gasteiger partial charge >= 0.3 is 0 Å². The number of anilines is 1. The van der Waals surface area contributed by atoms with E-state index in [0.717, 1.165) is 51.1 Å². The highest BCUT2D eigenvalue weighted by Crippen LogP contribution is 2.31. The minimum absolute atomic E-state index is 0.0203. The topological polar surface area (TPSA) is 64.2 Å². The highest BCUT2D eigenvalue weighted by atomic mass is 16.2. The van der Waals surface area contributed by atoms with Crippen molar-refractivity contribution in [2.75, 3.05) is 57.3 Å². The molecule has 144 valence electrons. The predicted octanol–water partition coefficient (Wildman–Crippen LogP) is 0.659. The fourth-order valence-electron chi connectivity index (χ4n) is 3.80. The second kappa shape index (κ2) is 7.58. The lowest BCUT2D eigenvalue weighted by atomic mass is 10.1. The zero-order valence-electron chi connectivity index (χ0n) is 15.5. The summed E-state index contributed by atoms with van der Waals surface area (Å²) in [4.78, 5) is 43.3. The van der Waals surface area contributed by atoms with Crippen LogP contribution < -0.4 is 4.90 Å². The fraction of sp³-hybridized carbons (Fsp3) is 0.550. The van der Waals surface area contributed by atoms with Crippen molar-refractivity contribution >= 4 is 23.9 Å². The summed E-state index contributed by atoms with van der Waals surface area (Å²) in [5, 5.41) is 0. The van der Waals surface area contributed by atoms with Crippen molar-refractivity contribution in [2.24, 2.45) is 5.92 Å². The van der Waals surface area contributed by atoms with Crippen LogP contribution >= 0.6 is 0 Å². The van der Waals surface area contributed by atoms with E-state index in [2.05, 4.69) is 4.90 Å². The molecule has 1 aromatic rings. The molecule has 0 atom stereocenters. The van der Waals surface area contributed by atoms with Crippen LogP contribution in [0.4, 0.5) is 5.69 Å². The van der Waals surface area contributed by atoms with E-state index in [0.29, 0.717) is 37.6 Å². The normalized spacial score (nSPS) is 20.6. The van der Waals surface area contributed by atoms with Gasteiger partial charge in [0.1, 0.15) is 0 Å². The van der Waals surface area contributed by atoms with Crippen LogP contribution in [0.25, 0.3) is 0 Å². The Morgan fingerprint density at radius 1 is 0.815 bits per heavy atom. The number of nitrogens with zero attached hydrogens (tertiary/aromatic N) is 4. The molecule has 4 rings (SSSR count). The molecule has 0 radical (unpaired) electrons. The smallest absolute Gasteiger partial charge is 0.253 e. The highest BCUT2D eigenvalue weighted by molar-refractivity contribution is 5.94. The molecule has 3 fully saturated rings. The molecule has 1 aliphatic carbocycles. The summed E-state index contributed by atoms with van der Waals surface area (Å²) >= 11 is 0. The van der Waals surface area contributed by atoms with E-state index >= 15 is 0 Å². The number of amides is 3. The third-order valence-electron chi connectivity index (χ3n) is 5.75. The average molecular weight is 370 g/mol. The Labute approximate surface area is 159 Å². The van der Waals surface area contributed by atoms with E-state index in [-0.39, 0.29) is 11.8 Å². The minimum atomic E-state index is 0.0203. The summed E-state index contributed by atoms with van der Waals surface area (Å²) in [5.41, 5.74) is 1.77. The number of hydrogen-bond donors (Lipinski definition) is 0. The molecule has 7 heteroatoms. The second-order valence-corrected chi connectivity index (χ2v) is 7.57. The predicted molar refractivity (Wildman–Crippen MR) is 101 cm³/mol. The van der Waals surface area contributed by atoms with Gasteiger partial charge in [0.2, 0.25) is 12.3 Å². The third kappa shape index (κ3) is 3.91. The summed E-state index contributed by atoms with van der Waals surface area (Å²) in [6.07, 6.45) is 2.95. The van der Waals surface area contributed by atoms with Crippen molar-refractivity contribution < 1.29 is 14.4 Å². The standard InChI is InChI=1S/C20H26N4O3/c25-15-21-7-9-23(10-8-21)20(27)17-3-5-18(6-4-17)22-11-13-24(14-12-22)19(26)16-1-2-16/h3-6,15-16H,1-2,7-14H2. The molecule has 0 spiro atoms. The van der Waals surface area contributed by atoms with Crippen LogP contribution in [0.5, 0.6) is 0 Å². The van der Waals surface area contributed by atoms with Gasteiger partial charge in [-0.2, -0.15) is 0 Å². The van der Waals surface area contributed by atoms with Gasteiger partial charge in [-0.3, -0.25) is 14.4 Å². The molecule has 1 aromatic carbocycles. The molecule has 3 aliphatic rings. The molecular weight excluding hydrogens is 344 g/mol. The Hall–Kier alpha value is -2.57. The van der Waals surface area contributed by atoms with Crippen LogP contribution in [0.1, 0.15) is 23.2 Å². The van der Waals surface area contributed by atoms with E-state index in [9.17, 15) is 14.4 Å². The monoisotopic (exact) mass is 370 g/mol. The van der Waals surface area contributed by atoms with Gasteiger partial charge in [-0.1, -0.05) is 0 Å². The van der Waals surface area contributed by atoms with Gasteiger partial charge in [0.15, 0.2) is 0 Å². The Bertz CT molecular complexity index is 700. The molecule has 0 N–H and O–H groups in total. The molecule has 0 bridgehead atoms. The van der Waals surface area contributed by atoms with Gasteiger partial charge in [0.05, 0.1) is 0 Å². The molecule has 2 aliphatic heterocycles. The first-order chi connectivity index (χ1) is 13.2. The summed E-state index contributed by atoms with van der Waals surface area (Å²) in [6, 6.07) is 7.75. The molecule has 0 aromatic heterocycles. The van der Waals surface area contributed by atoms with Crippen LogP contribution in [-0.2, 0) is 9.59 Å². The molecule has 3 amide bonds. The Morgan fingerprint density at radius 3 is 1.96 bits per heavy atom. The van der Waals surface area contributed by atoms with E-state index in [1.165, 1.54) is 0 Å². The number of carbonyl (C=O) groups excluding carboxylic acids is 3. The number of piperazine rings is 2. The first kappa shape index (κ1) is 17.8. The van der Waals surface area contributed by atoms with Crippen LogP contribution in [0.3, 0.4) is 0 Å². The SMILES string of the molecule is O=CN1CCN(C(=O)c2ccc(N3CCN(C(=O)C4CC4)CC3)cc2)CC1. The zero-order chi connectivity index (χ0) is 18.8. The third-order valence-corrected chi connectivity index (χ3v) is 5.75. The molecule has 7 nitrogen and oxygen atoms in total. The first-order valence-electron chi connectivity index (χ1n) is 9.78. The largest absolute Gasteiger partial charge is 0.368 e.